The lowest BCUT2D eigenvalue weighted by atomic mass is 10.1. The molecule has 0 bridgehead atoms. The Morgan fingerprint density at radius 1 is 1.10 bits per heavy atom. The zero-order valence-electron chi connectivity index (χ0n) is 16.6. The van der Waals surface area contributed by atoms with Gasteiger partial charge in [-0.1, -0.05) is 48.5 Å². The molecule has 2 aromatic heterocycles. The molecule has 0 saturated carbocycles. The minimum absolute atomic E-state index is 0.173. The lowest BCUT2D eigenvalue weighted by Gasteiger charge is -2.06. The van der Waals surface area contributed by atoms with E-state index in [1.165, 1.54) is 0 Å². The molecule has 0 unspecified atom stereocenters. The molecule has 7 nitrogen and oxygen atoms in total. The Kier molecular flexibility index (Phi) is 5.85. The zero-order chi connectivity index (χ0) is 20.9. The second-order valence-electron chi connectivity index (χ2n) is 6.73. The predicted molar refractivity (Wildman–Crippen MR) is 118 cm³/mol. The van der Waals surface area contributed by atoms with E-state index in [4.69, 9.17) is 12.2 Å². The summed E-state index contributed by atoms with van der Waals surface area (Å²) in [5, 5.41) is 14.7. The maximum absolute atomic E-state index is 13.0. The number of hydrogen-bond acceptors (Lipinski definition) is 4. The molecule has 0 aliphatic carbocycles. The molecule has 4 rings (SSSR count). The summed E-state index contributed by atoms with van der Waals surface area (Å²) < 4.78 is 4.25. The van der Waals surface area contributed by atoms with Crippen LogP contribution in [0.1, 0.15) is 23.1 Å². The van der Waals surface area contributed by atoms with Crippen molar-refractivity contribution in [1.29, 1.82) is 0 Å². The molecule has 0 radical (unpaired) electrons. The van der Waals surface area contributed by atoms with E-state index < -0.39 is 0 Å². The quantitative estimate of drug-likeness (QED) is 0.448. The number of aromatic amines is 1. The van der Waals surface area contributed by atoms with Crippen LogP contribution in [0, 0.1) is 4.77 Å². The van der Waals surface area contributed by atoms with E-state index in [-0.39, 0.29) is 5.91 Å². The number of hydrogen-bond donors (Lipinski definition) is 2. The van der Waals surface area contributed by atoms with Crippen LogP contribution in [0.15, 0.2) is 66.9 Å². The third kappa shape index (κ3) is 4.08. The third-order valence-corrected chi connectivity index (χ3v) is 5.13. The molecule has 0 saturated heterocycles. The molecule has 0 atom stereocenters. The molecule has 2 aromatic carbocycles. The summed E-state index contributed by atoms with van der Waals surface area (Å²) in [5.41, 5.74) is 2.96. The highest BCUT2D eigenvalue weighted by Crippen LogP contribution is 2.23. The van der Waals surface area contributed by atoms with Gasteiger partial charge in [-0.25, -0.2) is 4.68 Å². The molecular weight excluding hydrogens is 396 g/mol. The molecule has 0 aliphatic heterocycles. The van der Waals surface area contributed by atoms with Gasteiger partial charge in [0.2, 0.25) is 0 Å². The van der Waals surface area contributed by atoms with Crippen molar-refractivity contribution in [3.63, 3.8) is 0 Å². The Hall–Kier alpha value is -3.52. The molecule has 4 aromatic rings. The summed E-state index contributed by atoms with van der Waals surface area (Å²) in [5.74, 6) is 0.652. The van der Waals surface area contributed by atoms with Gasteiger partial charge >= 0.3 is 0 Å². The van der Waals surface area contributed by atoms with Gasteiger partial charge < -0.3 is 9.88 Å². The van der Waals surface area contributed by atoms with Gasteiger partial charge in [-0.3, -0.25) is 9.89 Å². The topological polar surface area (TPSA) is 80.5 Å². The Morgan fingerprint density at radius 2 is 1.80 bits per heavy atom. The van der Waals surface area contributed by atoms with Gasteiger partial charge in [0.25, 0.3) is 5.91 Å². The van der Waals surface area contributed by atoms with Crippen LogP contribution in [0.2, 0.25) is 0 Å². The van der Waals surface area contributed by atoms with E-state index in [2.05, 4.69) is 20.6 Å². The first-order valence-electron chi connectivity index (χ1n) is 9.80. The molecule has 2 N–H and O–H groups in total. The Bertz CT molecular complexity index is 1190. The Balaban J connectivity index is 1.58. The van der Waals surface area contributed by atoms with E-state index in [1.807, 2.05) is 72.2 Å². The van der Waals surface area contributed by atoms with Crippen LogP contribution in [0.25, 0.3) is 16.9 Å². The summed E-state index contributed by atoms with van der Waals surface area (Å²) >= 11 is 5.22. The molecule has 1 amide bonds. The molecule has 30 heavy (non-hydrogen) atoms. The number of rotatable bonds is 7. The number of nitrogens with one attached hydrogen (secondary N) is 2. The third-order valence-electron chi connectivity index (χ3n) is 4.81. The number of para-hydroxylation sites is 1. The SMILES string of the molecule is CCn1c(CCNC(=O)c2cn(-c3ccccc3)nc2-c2ccccc2)n[nH]c1=S. The van der Waals surface area contributed by atoms with E-state index in [0.29, 0.717) is 29.0 Å². The van der Waals surface area contributed by atoms with Crippen LogP contribution in [-0.2, 0) is 13.0 Å². The van der Waals surface area contributed by atoms with Crippen molar-refractivity contribution in [1.82, 2.24) is 29.9 Å². The lowest BCUT2D eigenvalue weighted by Crippen LogP contribution is -2.26. The maximum Gasteiger partial charge on any atom is 0.255 e. The standard InChI is InChI=1S/C22H22N6OS/c1-2-27-19(24-25-22(27)30)13-14-23-21(29)18-15-28(17-11-7-4-8-12-17)26-20(18)16-9-5-3-6-10-16/h3-12,15H,2,13-14H2,1H3,(H,23,29)(H,25,30). The second kappa shape index (κ2) is 8.87. The number of carbonyl (C=O) groups is 1. The van der Waals surface area contributed by atoms with Crippen LogP contribution < -0.4 is 5.32 Å². The van der Waals surface area contributed by atoms with Crippen molar-refractivity contribution < 1.29 is 4.79 Å². The molecule has 2 heterocycles. The highest BCUT2D eigenvalue weighted by molar-refractivity contribution is 7.71. The second-order valence-corrected chi connectivity index (χ2v) is 7.12. The first-order valence-corrected chi connectivity index (χ1v) is 10.2. The van der Waals surface area contributed by atoms with Gasteiger partial charge in [-0.15, -0.1) is 0 Å². The Morgan fingerprint density at radius 3 is 2.50 bits per heavy atom. The van der Waals surface area contributed by atoms with Gasteiger partial charge in [-0.05, 0) is 31.3 Å². The summed E-state index contributed by atoms with van der Waals surface area (Å²) in [4.78, 5) is 13.0. The lowest BCUT2D eigenvalue weighted by molar-refractivity contribution is 0.0954. The van der Waals surface area contributed by atoms with Crippen molar-refractivity contribution >= 4 is 18.1 Å². The zero-order valence-corrected chi connectivity index (χ0v) is 17.4. The van der Waals surface area contributed by atoms with Crippen LogP contribution in [0.5, 0.6) is 0 Å². The predicted octanol–water partition coefficient (Wildman–Crippen LogP) is 3.79. The molecule has 0 aliphatic rings. The van der Waals surface area contributed by atoms with Crippen molar-refractivity contribution in [2.24, 2.45) is 0 Å². The molecule has 0 fully saturated rings. The summed E-state index contributed by atoms with van der Waals surface area (Å²) in [6.45, 7) is 3.20. The van der Waals surface area contributed by atoms with Crippen molar-refractivity contribution in [2.75, 3.05) is 6.54 Å². The van der Waals surface area contributed by atoms with E-state index in [0.717, 1.165) is 23.6 Å². The van der Waals surface area contributed by atoms with Crippen LogP contribution >= 0.6 is 12.2 Å². The van der Waals surface area contributed by atoms with E-state index >= 15 is 0 Å². The van der Waals surface area contributed by atoms with Crippen molar-refractivity contribution in [3.05, 3.63) is 83.0 Å². The number of carbonyl (C=O) groups excluding carboxylic acids is 1. The van der Waals surface area contributed by atoms with Crippen molar-refractivity contribution in [3.8, 4) is 16.9 Å². The summed E-state index contributed by atoms with van der Waals surface area (Å²) in [6, 6.07) is 19.5. The monoisotopic (exact) mass is 418 g/mol. The molecule has 8 heteroatoms. The van der Waals surface area contributed by atoms with E-state index in [1.54, 1.807) is 10.9 Å². The minimum atomic E-state index is -0.173. The fourth-order valence-corrected chi connectivity index (χ4v) is 3.59. The van der Waals surface area contributed by atoms with Gasteiger partial charge in [-0.2, -0.15) is 10.2 Å². The highest BCUT2D eigenvalue weighted by Gasteiger charge is 2.18. The molecule has 152 valence electrons. The number of benzene rings is 2. The van der Waals surface area contributed by atoms with Crippen LogP contribution in [-0.4, -0.2) is 37.0 Å². The summed E-state index contributed by atoms with van der Waals surface area (Å²) in [6.07, 6.45) is 2.36. The smallest absolute Gasteiger partial charge is 0.255 e. The number of amides is 1. The fraction of sp³-hybridized carbons (Fsp3) is 0.182. The highest BCUT2D eigenvalue weighted by atomic mass is 32.1. The van der Waals surface area contributed by atoms with Gasteiger partial charge in [0.1, 0.15) is 11.5 Å². The average Bonchev–Trinajstić information content (AvgIpc) is 3.39. The van der Waals surface area contributed by atoms with Gasteiger partial charge in [0.05, 0.1) is 11.3 Å². The van der Waals surface area contributed by atoms with E-state index in [9.17, 15) is 4.79 Å². The van der Waals surface area contributed by atoms with Crippen LogP contribution in [0.4, 0.5) is 0 Å². The maximum atomic E-state index is 13.0. The molecule has 0 spiro atoms. The van der Waals surface area contributed by atoms with Crippen molar-refractivity contribution in [2.45, 2.75) is 19.9 Å². The first-order chi connectivity index (χ1) is 14.7. The number of nitrogens with zero attached hydrogens (tertiary/aromatic N) is 4. The van der Waals surface area contributed by atoms with Gasteiger partial charge in [0.15, 0.2) is 4.77 Å². The van der Waals surface area contributed by atoms with Crippen LogP contribution in [0.3, 0.4) is 0 Å². The average molecular weight is 419 g/mol. The van der Waals surface area contributed by atoms with Gasteiger partial charge in [0, 0.05) is 31.3 Å². The Labute approximate surface area is 179 Å². The minimum Gasteiger partial charge on any atom is -0.351 e. The number of aromatic nitrogens is 5. The molecular formula is C22H22N6OS. The summed E-state index contributed by atoms with van der Waals surface area (Å²) in [7, 11) is 0. The number of H-pyrrole nitrogens is 1. The normalized spacial score (nSPS) is 10.8. The first kappa shape index (κ1) is 19.8. The largest absolute Gasteiger partial charge is 0.351 e. The fourth-order valence-electron chi connectivity index (χ4n) is 3.31.